The van der Waals surface area contributed by atoms with Crippen LogP contribution in [0.15, 0.2) is 42.5 Å². The minimum Gasteiger partial charge on any atom is -0.452 e. The average Bonchev–Trinajstić information content (AvgIpc) is 2.57. The normalized spacial score (nSPS) is 12.1. The van der Waals surface area contributed by atoms with Gasteiger partial charge in [-0.3, -0.25) is 0 Å². The third-order valence-electron chi connectivity index (χ3n) is 3.24. The molecule has 0 N–H and O–H groups in total. The molecule has 0 aliphatic heterocycles. The predicted octanol–water partition coefficient (Wildman–Crippen LogP) is 4.92. The van der Waals surface area contributed by atoms with Gasteiger partial charge in [0.15, 0.2) is 17.3 Å². The van der Waals surface area contributed by atoms with Crippen molar-refractivity contribution >= 4 is 27.3 Å². The number of para-hydroxylation sites is 1. The fraction of sp³-hybridized carbons (Fsp3) is 0.250. The van der Waals surface area contributed by atoms with Gasteiger partial charge in [0.2, 0.25) is 0 Å². The lowest BCUT2D eigenvalue weighted by atomic mass is 10.3. The van der Waals surface area contributed by atoms with Crippen molar-refractivity contribution in [3.8, 4) is 11.5 Å². The van der Waals surface area contributed by atoms with Crippen LogP contribution in [0.5, 0.6) is 11.5 Å². The number of halogens is 5. The lowest BCUT2D eigenvalue weighted by molar-refractivity contribution is -0.0445. The van der Waals surface area contributed by atoms with Crippen LogP contribution in [0.1, 0.15) is 6.92 Å². The molecule has 27 heavy (non-hydrogen) atoms. The van der Waals surface area contributed by atoms with Crippen LogP contribution in [0, 0.1) is 5.82 Å². The SMILES string of the molecule is CCOCN(c1ccc(Cl)cc1Oc1ccccc1F)S(=O)(=O)C(F)(F)F. The zero-order chi connectivity index (χ0) is 20.2. The Morgan fingerprint density at radius 2 is 1.78 bits per heavy atom. The van der Waals surface area contributed by atoms with Crippen LogP contribution in [-0.4, -0.2) is 27.3 Å². The first kappa shape index (κ1) is 21.3. The van der Waals surface area contributed by atoms with Crippen molar-refractivity contribution in [1.82, 2.24) is 0 Å². The zero-order valence-corrected chi connectivity index (χ0v) is 15.4. The summed E-state index contributed by atoms with van der Waals surface area (Å²) in [5.41, 5.74) is -6.09. The van der Waals surface area contributed by atoms with Gasteiger partial charge in [-0.1, -0.05) is 23.7 Å². The Morgan fingerprint density at radius 1 is 1.11 bits per heavy atom. The maximum atomic E-state index is 13.8. The standard InChI is InChI=1S/C16H14ClF4NO4S/c1-2-25-10-22(27(23,24)16(19,20)21)13-8-7-11(17)9-15(13)26-14-6-4-3-5-12(14)18/h3-9H,2,10H2,1H3. The van der Waals surface area contributed by atoms with Gasteiger partial charge >= 0.3 is 15.5 Å². The molecule has 2 aromatic carbocycles. The Bertz CT molecular complexity index is 906. The van der Waals surface area contributed by atoms with E-state index in [2.05, 4.69) is 0 Å². The molecular formula is C16H14ClF4NO4S. The highest BCUT2D eigenvalue weighted by Crippen LogP contribution is 2.39. The molecule has 0 heterocycles. The van der Waals surface area contributed by atoms with Crippen LogP contribution in [-0.2, 0) is 14.8 Å². The number of ether oxygens (including phenoxy) is 2. The number of sulfonamides is 1. The molecular weight excluding hydrogens is 414 g/mol. The van der Waals surface area contributed by atoms with E-state index in [9.17, 15) is 26.0 Å². The summed E-state index contributed by atoms with van der Waals surface area (Å²) in [6.07, 6.45) is 0. The molecule has 0 bridgehead atoms. The Balaban J connectivity index is 2.58. The predicted molar refractivity (Wildman–Crippen MR) is 91.9 cm³/mol. The van der Waals surface area contributed by atoms with E-state index < -0.39 is 33.8 Å². The highest BCUT2D eigenvalue weighted by Gasteiger charge is 2.51. The summed E-state index contributed by atoms with van der Waals surface area (Å²) < 4.78 is 87.2. The maximum Gasteiger partial charge on any atom is 0.516 e. The van der Waals surface area contributed by atoms with Crippen molar-refractivity contribution in [3.05, 3.63) is 53.3 Å². The van der Waals surface area contributed by atoms with Gasteiger partial charge in [-0.2, -0.15) is 21.6 Å². The van der Waals surface area contributed by atoms with Crippen LogP contribution < -0.4 is 9.04 Å². The minimum absolute atomic E-state index is 0.0109. The van der Waals surface area contributed by atoms with Gasteiger partial charge < -0.3 is 9.47 Å². The number of benzene rings is 2. The fourth-order valence-corrected chi connectivity index (χ4v) is 3.02. The zero-order valence-electron chi connectivity index (χ0n) is 13.8. The van der Waals surface area contributed by atoms with Gasteiger partial charge in [-0.15, -0.1) is 0 Å². The van der Waals surface area contributed by atoms with Crippen molar-refractivity contribution in [2.45, 2.75) is 12.4 Å². The quantitative estimate of drug-likeness (QED) is 0.465. The Labute approximate surface area is 158 Å². The largest absolute Gasteiger partial charge is 0.516 e. The minimum atomic E-state index is -5.81. The summed E-state index contributed by atoms with van der Waals surface area (Å²) in [5, 5.41) is 0.0471. The van der Waals surface area contributed by atoms with E-state index in [1.807, 2.05) is 0 Å². The molecule has 0 amide bonds. The summed E-state index contributed by atoms with van der Waals surface area (Å²) in [5.74, 6) is -1.50. The van der Waals surface area contributed by atoms with Gasteiger partial charge in [-0.05, 0) is 31.2 Å². The molecule has 148 valence electrons. The average molecular weight is 428 g/mol. The highest BCUT2D eigenvalue weighted by atomic mass is 35.5. The third kappa shape index (κ3) is 4.82. The van der Waals surface area contributed by atoms with Gasteiger partial charge in [-0.25, -0.2) is 8.70 Å². The molecule has 2 rings (SSSR count). The van der Waals surface area contributed by atoms with Crippen LogP contribution in [0.25, 0.3) is 0 Å². The molecule has 0 radical (unpaired) electrons. The number of nitrogens with zero attached hydrogens (tertiary/aromatic N) is 1. The Hall–Kier alpha value is -2.04. The number of hydrogen-bond donors (Lipinski definition) is 0. The second-order valence-corrected chi connectivity index (χ2v) is 7.36. The van der Waals surface area contributed by atoms with Gasteiger partial charge in [0, 0.05) is 17.7 Å². The summed E-state index contributed by atoms with van der Waals surface area (Å²) in [7, 11) is -5.81. The lowest BCUT2D eigenvalue weighted by Gasteiger charge is -2.26. The first-order valence-electron chi connectivity index (χ1n) is 7.46. The van der Waals surface area contributed by atoms with Gasteiger partial charge in [0.25, 0.3) is 0 Å². The van der Waals surface area contributed by atoms with E-state index in [-0.39, 0.29) is 27.4 Å². The maximum absolute atomic E-state index is 13.8. The molecule has 0 aliphatic carbocycles. The molecule has 0 atom stereocenters. The summed E-state index contributed by atoms with van der Waals surface area (Å²) in [6, 6.07) is 8.39. The fourth-order valence-electron chi connectivity index (χ4n) is 1.99. The van der Waals surface area contributed by atoms with E-state index >= 15 is 0 Å². The monoisotopic (exact) mass is 427 g/mol. The van der Waals surface area contributed by atoms with E-state index in [4.69, 9.17) is 21.1 Å². The lowest BCUT2D eigenvalue weighted by Crippen LogP contribution is -2.42. The first-order chi connectivity index (χ1) is 12.6. The molecule has 11 heteroatoms. The number of hydrogen-bond acceptors (Lipinski definition) is 4. The van der Waals surface area contributed by atoms with E-state index in [1.165, 1.54) is 31.2 Å². The summed E-state index contributed by atoms with van der Waals surface area (Å²) in [6.45, 7) is 0.519. The van der Waals surface area contributed by atoms with Crippen molar-refractivity contribution in [2.75, 3.05) is 17.6 Å². The molecule has 0 fully saturated rings. The second kappa shape index (κ2) is 8.32. The van der Waals surface area contributed by atoms with Crippen molar-refractivity contribution in [3.63, 3.8) is 0 Å². The molecule has 2 aromatic rings. The number of anilines is 1. The van der Waals surface area contributed by atoms with E-state index in [1.54, 1.807) is 0 Å². The molecule has 0 aromatic heterocycles. The molecule has 0 saturated heterocycles. The van der Waals surface area contributed by atoms with Gasteiger partial charge in [0.05, 0.1) is 5.69 Å². The van der Waals surface area contributed by atoms with E-state index in [0.717, 1.165) is 18.2 Å². The van der Waals surface area contributed by atoms with Crippen molar-refractivity contribution in [2.24, 2.45) is 0 Å². The summed E-state index contributed by atoms with van der Waals surface area (Å²) >= 11 is 5.84. The first-order valence-corrected chi connectivity index (χ1v) is 9.28. The molecule has 0 aliphatic rings. The molecule has 0 saturated carbocycles. The summed E-state index contributed by atoms with van der Waals surface area (Å²) in [4.78, 5) is 0. The van der Waals surface area contributed by atoms with Crippen LogP contribution in [0.4, 0.5) is 23.2 Å². The van der Waals surface area contributed by atoms with Gasteiger partial charge in [0.1, 0.15) is 6.73 Å². The van der Waals surface area contributed by atoms with Crippen LogP contribution in [0.3, 0.4) is 0 Å². The van der Waals surface area contributed by atoms with Crippen LogP contribution >= 0.6 is 11.6 Å². The Morgan fingerprint density at radius 3 is 2.37 bits per heavy atom. The van der Waals surface area contributed by atoms with E-state index in [0.29, 0.717) is 0 Å². The topological polar surface area (TPSA) is 55.8 Å². The number of rotatable bonds is 7. The Kier molecular flexibility index (Phi) is 6.55. The smallest absolute Gasteiger partial charge is 0.452 e. The van der Waals surface area contributed by atoms with Crippen molar-refractivity contribution < 1.29 is 35.5 Å². The molecule has 0 unspecified atom stereocenters. The second-order valence-electron chi connectivity index (χ2n) is 5.07. The highest BCUT2D eigenvalue weighted by molar-refractivity contribution is 7.93. The molecule has 5 nitrogen and oxygen atoms in total. The third-order valence-corrected chi connectivity index (χ3v) is 4.94. The van der Waals surface area contributed by atoms with Crippen LogP contribution in [0.2, 0.25) is 5.02 Å². The van der Waals surface area contributed by atoms with Crippen molar-refractivity contribution in [1.29, 1.82) is 0 Å². The molecule has 0 spiro atoms. The number of alkyl halides is 3.